The van der Waals surface area contributed by atoms with E-state index < -0.39 is 0 Å². The van der Waals surface area contributed by atoms with Crippen LogP contribution in [0.2, 0.25) is 0 Å². The van der Waals surface area contributed by atoms with Gasteiger partial charge in [-0.25, -0.2) is 9.37 Å². The fraction of sp³-hybridized carbons (Fsp3) is 0.375. The zero-order valence-corrected chi connectivity index (χ0v) is 18.5. The van der Waals surface area contributed by atoms with Crippen molar-refractivity contribution in [2.75, 3.05) is 45.2 Å². The van der Waals surface area contributed by atoms with E-state index in [-0.39, 0.29) is 23.7 Å². The molecule has 1 saturated heterocycles. The molecule has 1 aromatic heterocycles. The highest BCUT2D eigenvalue weighted by atomic mass is 19.1. The van der Waals surface area contributed by atoms with Crippen molar-refractivity contribution in [2.45, 2.75) is 19.5 Å². The number of benzene rings is 2. The molecule has 1 amide bonds. The van der Waals surface area contributed by atoms with E-state index in [9.17, 15) is 14.0 Å². The van der Waals surface area contributed by atoms with Gasteiger partial charge in [0.25, 0.3) is 5.56 Å². The average molecular weight is 438 g/mol. The number of piperazine rings is 1. The Morgan fingerprint density at radius 1 is 1.06 bits per heavy atom. The van der Waals surface area contributed by atoms with E-state index in [2.05, 4.69) is 9.88 Å². The molecule has 168 valence electrons. The van der Waals surface area contributed by atoms with Gasteiger partial charge >= 0.3 is 0 Å². The number of amides is 1. The molecule has 3 aromatic rings. The van der Waals surface area contributed by atoms with E-state index in [1.807, 2.05) is 35.2 Å². The summed E-state index contributed by atoms with van der Waals surface area (Å²) in [4.78, 5) is 36.1. The van der Waals surface area contributed by atoms with Gasteiger partial charge in [0.2, 0.25) is 5.91 Å². The molecule has 2 heterocycles. The summed E-state index contributed by atoms with van der Waals surface area (Å²) in [7, 11) is 3.58. The lowest BCUT2D eigenvalue weighted by atomic mass is 10.2. The van der Waals surface area contributed by atoms with E-state index in [4.69, 9.17) is 0 Å². The van der Waals surface area contributed by atoms with Crippen LogP contribution in [0.15, 0.2) is 53.3 Å². The largest absolute Gasteiger partial charge is 0.358 e. The maximum Gasteiger partial charge on any atom is 0.293 e. The summed E-state index contributed by atoms with van der Waals surface area (Å²) in [6, 6.07) is 14.1. The van der Waals surface area contributed by atoms with Crippen molar-refractivity contribution in [3.8, 4) is 0 Å². The van der Waals surface area contributed by atoms with Crippen LogP contribution in [0.25, 0.3) is 11.0 Å². The maximum absolute atomic E-state index is 13.4. The molecular formula is C24H28FN5O2. The van der Waals surface area contributed by atoms with Gasteiger partial charge in [-0.3, -0.25) is 14.5 Å². The molecule has 0 radical (unpaired) electrons. The van der Waals surface area contributed by atoms with Crippen molar-refractivity contribution >= 4 is 22.8 Å². The number of carbonyl (C=O) groups is 1. The number of halogens is 1. The molecule has 0 aliphatic carbocycles. The summed E-state index contributed by atoms with van der Waals surface area (Å²) in [6.07, 6.45) is 0.255. The van der Waals surface area contributed by atoms with Gasteiger partial charge in [0.15, 0.2) is 5.82 Å². The maximum atomic E-state index is 13.4. The molecule has 8 heteroatoms. The van der Waals surface area contributed by atoms with Gasteiger partial charge in [-0.05, 0) is 29.8 Å². The lowest BCUT2D eigenvalue weighted by Crippen LogP contribution is -2.48. The summed E-state index contributed by atoms with van der Waals surface area (Å²) in [6.45, 7) is 3.72. The Morgan fingerprint density at radius 3 is 2.53 bits per heavy atom. The lowest BCUT2D eigenvalue weighted by molar-refractivity contribution is -0.133. The highest BCUT2D eigenvalue weighted by Crippen LogP contribution is 2.15. The number of nitrogens with zero attached hydrogens (tertiary/aromatic N) is 5. The molecule has 1 aliphatic heterocycles. The van der Waals surface area contributed by atoms with E-state index in [0.717, 1.165) is 29.7 Å². The van der Waals surface area contributed by atoms with Crippen LogP contribution in [0.5, 0.6) is 0 Å². The zero-order chi connectivity index (χ0) is 22.7. The number of hydrogen-bond acceptors (Lipinski definition) is 5. The minimum absolute atomic E-state index is 0.0367. The summed E-state index contributed by atoms with van der Waals surface area (Å²) in [5.74, 6) is 0.171. The molecular weight excluding hydrogens is 409 g/mol. The molecule has 2 aromatic carbocycles. The quantitative estimate of drug-likeness (QED) is 0.593. The van der Waals surface area contributed by atoms with Gasteiger partial charge in [0, 0.05) is 59.8 Å². The number of aromatic nitrogens is 2. The summed E-state index contributed by atoms with van der Waals surface area (Å²) in [5, 5.41) is 0. The van der Waals surface area contributed by atoms with Gasteiger partial charge in [-0.2, -0.15) is 0 Å². The Bertz CT molecular complexity index is 1170. The Kier molecular flexibility index (Phi) is 6.50. The van der Waals surface area contributed by atoms with Gasteiger partial charge in [-0.15, -0.1) is 0 Å². The summed E-state index contributed by atoms with van der Waals surface area (Å²) >= 11 is 0. The van der Waals surface area contributed by atoms with Crippen LogP contribution in [0.4, 0.5) is 10.2 Å². The fourth-order valence-corrected chi connectivity index (χ4v) is 4.11. The first kappa shape index (κ1) is 22.0. The summed E-state index contributed by atoms with van der Waals surface area (Å²) in [5.41, 5.74) is 2.21. The van der Waals surface area contributed by atoms with Crippen LogP contribution < -0.4 is 10.5 Å². The van der Waals surface area contributed by atoms with Crippen molar-refractivity contribution in [3.05, 3.63) is 70.3 Å². The number of aryl methyl sites for hydroxylation is 1. The number of para-hydroxylation sites is 2. The first-order chi connectivity index (χ1) is 15.4. The zero-order valence-electron chi connectivity index (χ0n) is 18.5. The second-order valence-electron chi connectivity index (χ2n) is 8.31. The molecule has 7 nitrogen and oxygen atoms in total. The number of anilines is 1. The summed E-state index contributed by atoms with van der Waals surface area (Å²) < 4.78 is 15.1. The molecule has 0 unspecified atom stereocenters. The van der Waals surface area contributed by atoms with Crippen molar-refractivity contribution < 1.29 is 9.18 Å². The van der Waals surface area contributed by atoms with Gasteiger partial charge < -0.3 is 14.4 Å². The third-order valence-corrected chi connectivity index (χ3v) is 5.83. The minimum atomic E-state index is -0.229. The van der Waals surface area contributed by atoms with Crippen LogP contribution in [0, 0.1) is 5.82 Å². The Labute approximate surface area is 186 Å². The second-order valence-corrected chi connectivity index (χ2v) is 8.31. The van der Waals surface area contributed by atoms with E-state index >= 15 is 0 Å². The molecule has 0 atom stereocenters. The topological polar surface area (TPSA) is 61.7 Å². The van der Waals surface area contributed by atoms with E-state index in [1.54, 1.807) is 35.7 Å². The molecule has 0 saturated carbocycles. The van der Waals surface area contributed by atoms with Crippen molar-refractivity contribution in [1.29, 1.82) is 0 Å². The first-order valence-corrected chi connectivity index (χ1v) is 10.8. The fourth-order valence-electron chi connectivity index (χ4n) is 4.11. The van der Waals surface area contributed by atoms with Gasteiger partial charge in [0.1, 0.15) is 5.82 Å². The van der Waals surface area contributed by atoms with Crippen LogP contribution in [0.1, 0.15) is 12.0 Å². The number of hydrogen-bond donors (Lipinski definition) is 0. The highest BCUT2D eigenvalue weighted by Gasteiger charge is 2.22. The standard InChI is InChI=1S/C24H28FN5O2/c1-27(2)23-24(32)30(21-9-4-3-8-20(21)26-23)11-10-22(31)29-14-12-28(13-15-29)17-18-6-5-7-19(25)16-18/h3-9,16H,10-15,17H2,1-2H3. The van der Waals surface area contributed by atoms with Crippen LogP contribution in [0.3, 0.4) is 0 Å². The monoisotopic (exact) mass is 437 g/mol. The Morgan fingerprint density at radius 2 is 1.81 bits per heavy atom. The van der Waals surface area contributed by atoms with Gasteiger partial charge in [-0.1, -0.05) is 24.3 Å². The van der Waals surface area contributed by atoms with Crippen molar-refractivity contribution in [2.24, 2.45) is 0 Å². The third-order valence-electron chi connectivity index (χ3n) is 5.83. The molecule has 0 spiro atoms. The smallest absolute Gasteiger partial charge is 0.293 e. The van der Waals surface area contributed by atoms with Crippen LogP contribution in [-0.4, -0.2) is 65.5 Å². The van der Waals surface area contributed by atoms with Crippen LogP contribution in [-0.2, 0) is 17.9 Å². The Balaban J connectivity index is 1.39. The lowest BCUT2D eigenvalue weighted by Gasteiger charge is -2.35. The molecule has 1 fully saturated rings. The third kappa shape index (κ3) is 4.80. The number of fused-ring (bicyclic) bond motifs is 1. The number of carbonyl (C=O) groups excluding carboxylic acids is 1. The first-order valence-electron chi connectivity index (χ1n) is 10.8. The van der Waals surface area contributed by atoms with Crippen molar-refractivity contribution in [1.82, 2.24) is 19.4 Å². The van der Waals surface area contributed by atoms with Gasteiger partial charge in [0.05, 0.1) is 11.0 Å². The molecule has 4 rings (SSSR count). The van der Waals surface area contributed by atoms with E-state index in [0.29, 0.717) is 32.0 Å². The normalized spacial score (nSPS) is 14.7. The second kappa shape index (κ2) is 9.48. The highest BCUT2D eigenvalue weighted by molar-refractivity contribution is 5.78. The van der Waals surface area contributed by atoms with Crippen LogP contribution >= 0.6 is 0 Å². The predicted octanol–water partition coefficient (Wildman–Crippen LogP) is 2.34. The average Bonchev–Trinajstić information content (AvgIpc) is 2.78. The number of rotatable bonds is 6. The SMILES string of the molecule is CN(C)c1nc2ccccc2n(CCC(=O)N2CCN(Cc3cccc(F)c3)CC2)c1=O. The van der Waals surface area contributed by atoms with Crippen molar-refractivity contribution in [3.63, 3.8) is 0 Å². The predicted molar refractivity (Wildman–Crippen MR) is 123 cm³/mol. The molecule has 1 aliphatic rings. The molecule has 32 heavy (non-hydrogen) atoms. The molecule has 0 N–H and O–H groups in total. The van der Waals surface area contributed by atoms with E-state index in [1.165, 1.54) is 6.07 Å². The molecule has 0 bridgehead atoms. The Hall–Kier alpha value is -3.26. The minimum Gasteiger partial charge on any atom is -0.358 e.